The topological polar surface area (TPSA) is 25.8 Å². The highest BCUT2D eigenvalue weighted by Crippen LogP contribution is 2.38. The summed E-state index contributed by atoms with van der Waals surface area (Å²) in [7, 11) is 11.3. The van der Waals surface area contributed by atoms with Gasteiger partial charge >= 0.3 is 0 Å². The Morgan fingerprint density at radius 2 is 1.05 bits per heavy atom. The highest BCUT2D eigenvalue weighted by atomic mass is 14.9. The van der Waals surface area contributed by atoms with Crippen LogP contribution in [0.15, 0.2) is 103 Å². The SMILES string of the molecule is Bc1c(B)c(B)c(-c2cc3c(-c4ccc5ccccc5c4)nc(-c4ccccc4)nc3c3ccccc23)c(B)c1B. The number of rotatable bonds is 3. The molecule has 0 saturated carbocycles. The molecule has 0 aliphatic carbocycles. The maximum absolute atomic E-state index is 5.27. The number of aromatic nitrogens is 2. The predicted molar refractivity (Wildman–Crippen MR) is 192 cm³/mol. The van der Waals surface area contributed by atoms with Gasteiger partial charge in [-0.1, -0.05) is 102 Å². The molecule has 2 nitrogen and oxygen atoms in total. The summed E-state index contributed by atoms with van der Waals surface area (Å²) in [5, 5.41) is 5.87. The van der Waals surface area contributed by atoms with Gasteiger partial charge in [0, 0.05) is 21.9 Å². The van der Waals surface area contributed by atoms with Crippen molar-refractivity contribution in [2.24, 2.45) is 0 Å². The summed E-state index contributed by atoms with van der Waals surface area (Å²) in [6.45, 7) is 0. The molecule has 188 valence electrons. The molecule has 0 N–H and O–H groups in total. The summed E-state index contributed by atoms with van der Waals surface area (Å²) in [5.41, 5.74) is 13.4. The van der Waals surface area contributed by atoms with E-state index in [-0.39, 0.29) is 0 Å². The van der Waals surface area contributed by atoms with Gasteiger partial charge in [0.25, 0.3) is 0 Å². The number of nitrogens with zero attached hydrogens (tertiary/aromatic N) is 2. The van der Waals surface area contributed by atoms with Crippen molar-refractivity contribution in [3.8, 4) is 33.8 Å². The lowest BCUT2D eigenvalue weighted by atomic mass is 9.59. The van der Waals surface area contributed by atoms with E-state index in [0.29, 0.717) is 0 Å². The lowest BCUT2D eigenvalue weighted by Gasteiger charge is -2.22. The summed E-state index contributed by atoms with van der Waals surface area (Å²) >= 11 is 0. The minimum atomic E-state index is 0.744. The molecule has 0 aliphatic heterocycles. The average molecular weight is 518 g/mol. The van der Waals surface area contributed by atoms with E-state index in [1.807, 2.05) is 18.2 Å². The van der Waals surface area contributed by atoms with Gasteiger partial charge in [0.15, 0.2) is 5.82 Å². The van der Waals surface area contributed by atoms with Crippen molar-refractivity contribution in [2.45, 2.75) is 0 Å². The zero-order chi connectivity index (χ0) is 28.2. The van der Waals surface area contributed by atoms with E-state index in [9.17, 15) is 0 Å². The molecule has 1 aromatic heterocycles. The molecule has 6 aromatic carbocycles. The second-order valence-corrected chi connectivity index (χ2v) is 11.2. The van der Waals surface area contributed by atoms with Crippen molar-refractivity contribution in [1.29, 1.82) is 0 Å². The van der Waals surface area contributed by atoms with E-state index in [0.717, 1.165) is 38.9 Å². The van der Waals surface area contributed by atoms with E-state index in [1.165, 1.54) is 54.6 Å². The largest absolute Gasteiger partial charge is 0.227 e. The first-order chi connectivity index (χ1) is 19.9. The molecule has 0 amide bonds. The van der Waals surface area contributed by atoms with Gasteiger partial charge in [-0.25, -0.2) is 9.97 Å². The highest BCUT2D eigenvalue weighted by molar-refractivity contribution is 6.68. The Labute approximate surface area is 245 Å². The number of fused-ring (bicyclic) bond motifs is 4. The van der Waals surface area contributed by atoms with Crippen LogP contribution < -0.4 is 27.3 Å². The van der Waals surface area contributed by atoms with Crippen molar-refractivity contribution >= 4 is 99.0 Å². The van der Waals surface area contributed by atoms with Gasteiger partial charge in [-0.15, -0.1) is 16.4 Å². The van der Waals surface area contributed by atoms with E-state index in [2.05, 4.69) is 124 Å². The Balaban J connectivity index is 1.64. The van der Waals surface area contributed by atoms with Gasteiger partial charge in [0.1, 0.15) is 39.2 Å². The molecule has 0 bridgehead atoms. The van der Waals surface area contributed by atoms with Crippen molar-refractivity contribution in [3.63, 3.8) is 0 Å². The Morgan fingerprint density at radius 3 is 1.78 bits per heavy atom. The molecule has 0 unspecified atom stereocenters. The van der Waals surface area contributed by atoms with Crippen LogP contribution in [0.2, 0.25) is 0 Å². The summed E-state index contributed by atoms with van der Waals surface area (Å²) < 4.78 is 0. The predicted octanol–water partition coefficient (Wildman–Crippen LogP) is 0.229. The Kier molecular flexibility index (Phi) is 6.12. The van der Waals surface area contributed by atoms with E-state index < -0.39 is 0 Å². The van der Waals surface area contributed by atoms with Crippen molar-refractivity contribution in [2.75, 3.05) is 0 Å². The summed E-state index contributed by atoms with van der Waals surface area (Å²) in [4.78, 5) is 10.5. The molecular formula is C34H27B5N2. The van der Waals surface area contributed by atoms with Crippen molar-refractivity contribution in [1.82, 2.24) is 9.97 Å². The number of hydrogen-bond acceptors (Lipinski definition) is 2. The Bertz CT molecular complexity index is 2130. The van der Waals surface area contributed by atoms with Crippen LogP contribution in [0.1, 0.15) is 0 Å². The van der Waals surface area contributed by atoms with Gasteiger partial charge < -0.3 is 0 Å². The fraction of sp³-hybridized carbons (Fsp3) is 0. The molecule has 0 fully saturated rings. The van der Waals surface area contributed by atoms with Crippen LogP contribution >= 0.6 is 0 Å². The second-order valence-electron chi connectivity index (χ2n) is 11.2. The smallest absolute Gasteiger partial charge is 0.160 e. The van der Waals surface area contributed by atoms with Crippen LogP contribution in [0.25, 0.3) is 66.2 Å². The summed E-state index contributed by atoms with van der Waals surface area (Å²) in [5.74, 6) is 0.744. The van der Waals surface area contributed by atoms with Crippen LogP contribution in [0, 0.1) is 0 Å². The van der Waals surface area contributed by atoms with E-state index in [4.69, 9.17) is 9.97 Å². The molecule has 0 aliphatic rings. The zero-order valence-corrected chi connectivity index (χ0v) is 24.2. The first-order valence-corrected chi connectivity index (χ1v) is 14.3. The molecular weight excluding hydrogens is 490 g/mol. The monoisotopic (exact) mass is 518 g/mol. The third kappa shape index (κ3) is 4.11. The van der Waals surface area contributed by atoms with Gasteiger partial charge in [0.05, 0.1) is 11.2 Å². The minimum absolute atomic E-state index is 0.744. The maximum Gasteiger partial charge on any atom is 0.160 e. The molecule has 0 atom stereocenters. The second kappa shape index (κ2) is 9.85. The van der Waals surface area contributed by atoms with Gasteiger partial charge in [0.2, 0.25) is 0 Å². The normalized spacial score (nSPS) is 11.4. The number of benzene rings is 6. The molecule has 0 radical (unpaired) electrons. The molecule has 0 saturated heterocycles. The van der Waals surface area contributed by atoms with Crippen LogP contribution in [-0.4, -0.2) is 49.2 Å². The number of hydrogen-bond donors (Lipinski definition) is 0. The molecule has 7 rings (SSSR count). The van der Waals surface area contributed by atoms with Crippen LogP contribution in [0.5, 0.6) is 0 Å². The fourth-order valence-electron chi connectivity index (χ4n) is 6.34. The highest BCUT2D eigenvalue weighted by Gasteiger charge is 2.20. The van der Waals surface area contributed by atoms with Crippen LogP contribution in [0.4, 0.5) is 0 Å². The maximum atomic E-state index is 5.27. The molecule has 0 spiro atoms. The third-order valence-electron chi connectivity index (χ3n) is 9.03. The zero-order valence-electron chi connectivity index (χ0n) is 24.2. The Morgan fingerprint density at radius 1 is 0.439 bits per heavy atom. The fourth-order valence-corrected chi connectivity index (χ4v) is 6.34. The summed E-state index contributed by atoms with van der Waals surface area (Å²) in [6, 6.07) is 36.6. The molecule has 41 heavy (non-hydrogen) atoms. The standard InChI is InChI=1S/C34H27B5N2/c35-27-26(28(36)30(38)31(39)29(27)37)24-17-25-32(21-15-14-18-8-4-5-11-20(18)16-21)40-34(19-9-2-1-3-10-19)41-33(25)23-13-7-6-12-22(23)24/h1-17H,35-39H2. The quantitative estimate of drug-likeness (QED) is 0.248. The van der Waals surface area contributed by atoms with Crippen LogP contribution in [-0.2, 0) is 0 Å². The van der Waals surface area contributed by atoms with Gasteiger partial charge in [-0.05, 0) is 39.4 Å². The van der Waals surface area contributed by atoms with E-state index in [1.54, 1.807) is 0 Å². The molecule has 7 aromatic rings. The van der Waals surface area contributed by atoms with Crippen LogP contribution in [0.3, 0.4) is 0 Å². The van der Waals surface area contributed by atoms with E-state index >= 15 is 0 Å². The first-order valence-electron chi connectivity index (χ1n) is 14.3. The van der Waals surface area contributed by atoms with Crippen molar-refractivity contribution in [3.05, 3.63) is 103 Å². The lowest BCUT2D eigenvalue weighted by molar-refractivity contribution is 1.23. The lowest BCUT2D eigenvalue weighted by Crippen LogP contribution is -2.55. The first kappa shape index (κ1) is 25.5. The van der Waals surface area contributed by atoms with Gasteiger partial charge in [-0.2, -0.15) is 0 Å². The van der Waals surface area contributed by atoms with Gasteiger partial charge in [-0.3, -0.25) is 0 Å². The minimum Gasteiger partial charge on any atom is -0.227 e. The summed E-state index contributed by atoms with van der Waals surface area (Å²) in [6.07, 6.45) is 0. The Hall–Kier alpha value is -4.50. The van der Waals surface area contributed by atoms with Crippen molar-refractivity contribution < 1.29 is 0 Å². The molecule has 7 heteroatoms. The average Bonchev–Trinajstić information content (AvgIpc) is 3.02. The molecule has 1 heterocycles. The third-order valence-corrected chi connectivity index (χ3v) is 9.03.